The molecule has 0 spiro atoms. The van der Waals surface area contributed by atoms with Crippen LogP contribution in [0.4, 0.5) is 5.69 Å². The van der Waals surface area contributed by atoms with Crippen molar-refractivity contribution in [3.05, 3.63) is 77.1 Å². The van der Waals surface area contributed by atoms with E-state index in [1.54, 1.807) is 17.0 Å². The van der Waals surface area contributed by atoms with Gasteiger partial charge in [-0.25, -0.2) is 4.68 Å². The first-order valence-corrected chi connectivity index (χ1v) is 10.8. The quantitative estimate of drug-likeness (QED) is 0.661. The number of nitrogens with zero attached hydrogens (tertiary/aromatic N) is 3. The van der Waals surface area contributed by atoms with Crippen molar-refractivity contribution in [1.29, 1.82) is 0 Å². The summed E-state index contributed by atoms with van der Waals surface area (Å²) in [7, 11) is 0. The molecule has 1 fully saturated rings. The minimum absolute atomic E-state index is 0.101. The molecule has 1 aliphatic rings. The molecule has 0 bridgehead atoms. The van der Waals surface area contributed by atoms with Gasteiger partial charge in [-0.05, 0) is 81.1 Å². The Morgan fingerprint density at radius 1 is 1.00 bits per heavy atom. The molecule has 2 heterocycles. The monoisotopic (exact) mass is 416 g/mol. The molecule has 3 aromatic rings. The first kappa shape index (κ1) is 20.8. The van der Waals surface area contributed by atoms with Crippen LogP contribution < -0.4 is 10.2 Å². The molecule has 6 nitrogen and oxygen atoms in total. The van der Waals surface area contributed by atoms with Gasteiger partial charge >= 0.3 is 0 Å². The molecule has 2 amide bonds. The van der Waals surface area contributed by atoms with Gasteiger partial charge in [0.25, 0.3) is 5.91 Å². The van der Waals surface area contributed by atoms with Crippen LogP contribution in [-0.2, 0) is 11.2 Å². The Bertz CT molecular complexity index is 1070. The number of carbonyl (C=O) groups excluding carboxylic acids is 2. The first-order chi connectivity index (χ1) is 15.0. The zero-order chi connectivity index (χ0) is 21.8. The Kier molecular flexibility index (Phi) is 6.16. The van der Waals surface area contributed by atoms with E-state index in [4.69, 9.17) is 0 Å². The Balaban J connectivity index is 1.30. The maximum Gasteiger partial charge on any atom is 0.251 e. The van der Waals surface area contributed by atoms with Crippen molar-refractivity contribution in [3.8, 4) is 5.69 Å². The SMILES string of the molecule is Cc1cc(C)n(-c2ccc(CCNC(=O)c3ccc(N4CCCCC4=O)cc3)cc2)n1. The summed E-state index contributed by atoms with van der Waals surface area (Å²) in [5, 5.41) is 7.48. The standard InChI is InChI=1S/C25H28N4O2/c1-18-17-19(2)29(27-18)23-10-6-20(7-11-23)14-15-26-25(31)21-8-12-22(13-9-21)28-16-4-3-5-24(28)30/h6-13,17H,3-5,14-16H2,1-2H3,(H,26,31). The normalized spacial score (nSPS) is 14.0. The van der Waals surface area contributed by atoms with E-state index >= 15 is 0 Å². The molecule has 2 aromatic carbocycles. The number of rotatable bonds is 6. The Labute approximate surface area is 182 Å². The Morgan fingerprint density at radius 2 is 1.71 bits per heavy atom. The molecular weight excluding hydrogens is 388 g/mol. The van der Waals surface area contributed by atoms with Crippen LogP contribution in [0.15, 0.2) is 54.6 Å². The lowest BCUT2D eigenvalue weighted by molar-refractivity contribution is -0.119. The molecule has 1 aliphatic heterocycles. The van der Waals surface area contributed by atoms with Crippen LogP contribution in [-0.4, -0.2) is 34.7 Å². The predicted octanol–water partition coefficient (Wildman–Crippen LogP) is 3.98. The topological polar surface area (TPSA) is 67.2 Å². The van der Waals surface area contributed by atoms with Crippen molar-refractivity contribution < 1.29 is 9.59 Å². The van der Waals surface area contributed by atoms with Crippen LogP contribution in [0.25, 0.3) is 5.69 Å². The molecule has 0 saturated carbocycles. The number of carbonyl (C=O) groups is 2. The molecule has 0 aliphatic carbocycles. The molecule has 6 heteroatoms. The van der Waals surface area contributed by atoms with Crippen LogP contribution in [0.2, 0.25) is 0 Å². The summed E-state index contributed by atoms with van der Waals surface area (Å²) >= 11 is 0. The Hall–Kier alpha value is -3.41. The highest BCUT2D eigenvalue weighted by Crippen LogP contribution is 2.21. The van der Waals surface area contributed by atoms with Crippen molar-refractivity contribution >= 4 is 17.5 Å². The minimum Gasteiger partial charge on any atom is -0.352 e. The van der Waals surface area contributed by atoms with Gasteiger partial charge in [0.15, 0.2) is 0 Å². The van der Waals surface area contributed by atoms with E-state index in [1.807, 2.05) is 30.7 Å². The molecule has 1 saturated heterocycles. The number of anilines is 1. The van der Waals surface area contributed by atoms with Crippen molar-refractivity contribution in [1.82, 2.24) is 15.1 Å². The highest BCUT2D eigenvalue weighted by atomic mass is 16.2. The number of hydrogen-bond donors (Lipinski definition) is 1. The van der Waals surface area contributed by atoms with Crippen LogP contribution in [0, 0.1) is 13.8 Å². The van der Waals surface area contributed by atoms with Gasteiger partial charge in [-0.2, -0.15) is 5.10 Å². The van der Waals surface area contributed by atoms with Crippen molar-refractivity contribution in [2.24, 2.45) is 0 Å². The van der Waals surface area contributed by atoms with Crippen molar-refractivity contribution in [2.45, 2.75) is 39.5 Å². The van der Waals surface area contributed by atoms with Gasteiger partial charge in [-0.3, -0.25) is 9.59 Å². The molecule has 4 rings (SSSR count). The van der Waals surface area contributed by atoms with Gasteiger partial charge in [0.05, 0.1) is 11.4 Å². The molecule has 1 N–H and O–H groups in total. The van der Waals surface area contributed by atoms with E-state index in [0.29, 0.717) is 18.5 Å². The lowest BCUT2D eigenvalue weighted by Crippen LogP contribution is -2.35. The van der Waals surface area contributed by atoms with Gasteiger partial charge in [0, 0.05) is 36.5 Å². The average Bonchev–Trinajstić information content (AvgIpc) is 3.12. The molecule has 31 heavy (non-hydrogen) atoms. The van der Waals surface area contributed by atoms with Crippen LogP contribution >= 0.6 is 0 Å². The summed E-state index contributed by atoms with van der Waals surface area (Å²) in [6, 6.07) is 17.6. The Morgan fingerprint density at radius 3 is 2.35 bits per heavy atom. The van der Waals surface area contributed by atoms with E-state index in [-0.39, 0.29) is 11.8 Å². The summed E-state index contributed by atoms with van der Waals surface area (Å²) in [5.74, 6) is 0.0584. The van der Waals surface area contributed by atoms with Gasteiger partial charge in [-0.15, -0.1) is 0 Å². The fourth-order valence-corrected chi connectivity index (χ4v) is 3.99. The molecule has 1 aromatic heterocycles. The molecule has 160 valence electrons. The van der Waals surface area contributed by atoms with E-state index in [2.05, 4.69) is 40.7 Å². The fraction of sp³-hybridized carbons (Fsp3) is 0.320. The second-order valence-corrected chi connectivity index (χ2v) is 8.06. The second-order valence-electron chi connectivity index (χ2n) is 8.06. The van der Waals surface area contributed by atoms with Gasteiger partial charge in [-0.1, -0.05) is 12.1 Å². The maximum atomic E-state index is 12.5. The smallest absolute Gasteiger partial charge is 0.251 e. The number of hydrogen-bond acceptors (Lipinski definition) is 3. The number of aromatic nitrogens is 2. The average molecular weight is 417 g/mol. The summed E-state index contributed by atoms with van der Waals surface area (Å²) in [5.41, 5.74) is 5.76. The zero-order valence-electron chi connectivity index (χ0n) is 18.1. The third-order valence-corrected chi connectivity index (χ3v) is 5.65. The van der Waals surface area contributed by atoms with E-state index in [0.717, 1.165) is 54.1 Å². The van der Waals surface area contributed by atoms with E-state index < -0.39 is 0 Å². The third kappa shape index (κ3) is 4.85. The van der Waals surface area contributed by atoms with Crippen molar-refractivity contribution in [2.75, 3.05) is 18.0 Å². The largest absolute Gasteiger partial charge is 0.352 e. The van der Waals surface area contributed by atoms with E-state index in [1.165, 1.54) is 0 Å². The number of nitrogens with one attached hydrogen (secondary N) is 1. The number of piperidine rings is 1. The summed E-state index contributed by atoms with van der Waals surface area (Å²) in [4.78, 5) is 26.3. The highest BCUT2D eigenvalue weighted by molar-refractivity contribution is 5.96. The maximum absolute atomic E-state index is 12.5. The molecule has 0 radical (unpaired) electrons. The number of aryl methyl sites for hydroxylation is 2. The zero-order valence-corrected chi connectivity index (χ0v) is 18.1. The van der Waals surface area contributed by atoms with E-state index in [9.17, 15) is 9.59 Å². The first-order valence-electron chi connectivity index (χ1n) is 10.8. The molecule has 0 atom stereocenters. The van der Waals surface area contributed by atoms with Crippen LogP contribution in [0.5, 0.6) is 0 Å². The second kappa shape index (κ2) is 9.16. The molecule has 0 unspecified atom stereocenters. The van der Waals surface area contributed by atoms with Crippen molar-refractivity contribution in [3.63, 3.8) is 0 Å². The summed E-state index contributed by atoms with van der Waals surface area (Å²) in [6.45, 7) is 5.34. The number of benzene rings is 2. The third-order valence-electron chi connectivity index (χ3n) is 5.65. The number of amides is 2. The van der Waals surface area contributed by atoms with Gasteiger partial charge in [0.1, 0.15) is 0 Å². The van der Waals surface area contributed by atoms with Crippen LogP contribution in [0.3, 0.4) is 0 Å². The van der Waals surface area contributed by atoms with Gasteiger partial charge < -0.3 is 10.2 Å². The van der Waals surface area contributed by atoms with Crippen LogP contribution in [0.1, 0.15) is 46.6 Å². The fourth-order valence-electron chi connectivity index (χ4n) is 3.99. The lowest BCUT2D eigenvalue weighted by atomic mass is 10.1. The predicted molar refractivity (Wildman–Crippen MR) is 122 cm³/mol. The minimum atomic E-state index is -0.101. The lowest BCUT2D eigenvalue weighted by Gasteiger charge is -2.26. The molecular formula is C25H28N4O2. The summed E-state index contributed by atoms with van der Waals surface area (Å²) < 4.78 is 1.93. The highest BCUT2D eigenvalue weighted by Gasteiger charge is 2.19. The summed E-state index contributed by atoms with van der Waals surface area (Å²) in [6.07, 6.45) is 3.34. The van der Waals surface area contributed by atoms with Gasteiger partial charge in [0.2, 0.25) is 5.91 Å².